The van der Waals surface area contributed by atoms with Crippen LogP contribution in [0.4, 0.5) is 11.4 Å². The van der Waals surface area contributed by atoms with Gasteiger partial charge < -0.3 is 14.8 Å². The van der Waals surface area contributed by atoms with Crippen molar-refractivity contribution in [2.75, 3.05) is 29.2 Å². The van der Waals surface area contributed by atoms with Gasteiger partial charge in [0.15, 0.2) is 11.5 Å². The third kappa shape index (κ3) is 4.21. The van der Waals surface area contributed by atoms with Crippen molar-refractivity contribution < 1.29 is 22.7 Å². The van der Waals surface area contributed by atoms with Crippen molar-refractivity contribution in [2.24, 2.45) is 0 Å². The molecule has 3 rings (SSSR count). The first-order chi connectivity index (χ1) is 11.9. The van der Waals surface area contributed by atoms with Crippen LogP contribution in [0.15, 0.2) is 48.5 Å². The van der Waals surface area contributed by atoms with Crippen molar-refractivity contribution in [3.63, 3.8) is 0 Å². The van der Waals surface area contributed by atoms with E-state index in [0.717, 1.165) is 6.26 Å². The number of anilines is 2. The van der Waals surface area contributed by atoms with Crippen LogP contribution in [0.25, 0.3) is 0 Å². The zero-order valence-electron chi connectivity index (χ0n) is 13.6. The number of sulfonamides is 1. The van der Waals surface area contributed by atoms with Crippen molar-refractivity contribution in [3.05, 3.63) is 48.5 Å². The summed E-state index contributed by atoms with van der Waals surface area (Å²) in [5.74, 6) is 0.911. The van der Waals surface area contributed by atoms with E-state index in [9.17, 15) is 13.2 Å². The van der Waals surface area contributed by atoms with Crippen LogP contribution in [-0.2, 0) is 14.8 Å². The Kier molecular flexibility index (Phi) is 4.80. The van der Waals surface area contributed by atoms with E-state index in [1.54, 1.807) is 48.5 Å². The lowest BCUT2D eigenvalue weighted by Gasteiger charge is -2.22. The van der Waals surface area contributed by atoms with Gasteiger partial charge in [-0.3, -0.25) is 9.10 Å². The molecular weight excluding hydrogens is 344 g/mol. The Morgan fingerprint density at radius 2 is 1.84 bits per heavy atom. The lowest BCUT2D eigenvalue weighted by atomic mass is 10.2. The Labute approximate surface area is 146 Å². The molecule has 0 spiro atoms. The monoisotopic (exact) mass is 362 g/mol. The molecule has 0 saturated carbocycles. The Morgan fingerprint density at radius 1 is 1.12 bits per heavy atom. The summed E-state index contributed by atoms with van der Waals surface area (Å²) in [5, 5.41) is 2.73. The largest absolute Gasteiger partial charge is 0.454 e. The van der Waals surface area contributed by atoms with E-state index in [4.69, 9.17) is 9.47 Å². The molecule has 25 heavy (non-hydrogen) atoms. The second kappa shape index (κ2) is 7.02. The van der Waals surface area contributed by atoms with Crippen molar-refractivity contribution in [1.82, 2.24) is 0 Å². The predicted octanol–water partition coefficient (Wildman–Crippen LogP) is 2.21. The highest BCUT2D eigenvalue weighted by molar-refractivity contribution is 7.92. The Morgan fingerprint density at radius 3 is 2.56 bits per heavy atom. The summed E-state index contributed by atoms with van der Waals surface area (Å²) in [6, 6.07) is 13.8. The van der Waals surface area contributed by atoms with E-state index >= 15 is 0 Å². The molecule has 0 unspecified atom stereocenters. The fourth-order valence-corrected chi connectivity index (χ4v) is 3.41. The standard InChI is InChI=1S/C17H18N2O5S/c1-25(21,22)19(14-5-3-2-4-6-14)10-9-17(20)18-13-7-8-15-16(11-13)24-12-23-15/h2-8,11H,9-10,12H2,1H3,(H,18,20). The first-order valence-corrected chi connectivity index (χ1v) is 9.50. The zero-order valence-corrected chi connectivity index (χ0v) is 14.5. The van der Waals surface area contributed by atoms with Crippen LogP contribution < -0.4 is 19.1 Å². The molecule has 132 valence electrons. The molecule has 0 atom stereocenters. The van der Waals surface area contributed by atoms with Gasteiger partial charge in [-0.15, -0.1) is 0 Å². The minimum absolute atomic E-state index is 0.0242. The number of rotatable bonds is 6. The molecule has 1 amide bonds. The second-order valence-corrected chi connectivity index (χ2v) is 7.44. The summed E-state index contributed by atoms with van der Waals surface area (Å²) >= 11 is 0. The number of carbonyl (C=O) groups is 1. The van der Waals surface area contributed by atoms with E-state index in [2.05, 4.69) is 5.32 Å². The van der Waals surface area contributed by atoms with Crippen LogP contribution in [0.5, 0.6) is 11.5 Å². The van der Waals surface area contributed by atoms with Gasteiger partial charge >= 0.3 is 0 Å². The number of benzene rings is 2. The quantitative estimate of drug-likeness (QED) is 0.852. The molecule has 1 heterocycles. The number of nitrogens with zero attached hydrogens (tertiary/aromatic N) is 1. The lowest BCUT2D eigenvalue weighted by molar-refractivity contribution is -0.116. The SMILES string of the molecule is CS(=O)(=O)N(CCC(=O)Nc1ccc2c(c1)OCO2)c1ccccc1. The van der Waals surface area contributed by atoms with Gasteiger partial charge in [0.25, 0.3) is 0 Å². The highest BCUT2D eigenvalue weighted by atomic mass is 32.2. The predicted molar refractivity (Wildman–Crippen MR) is 94.4 cm³/mol. The number of nitrogens with one attached hydrogen (secondary N) is 1. The summed E-state index contributed by atoms with van der Waals surface area (Å²) < 4.78 is 35.7. The summed E-state index contributed by atoms with van der Waals surface area (Å²) in [4.78, 5) is 12.2. The van der Waals surface area contributed by atoms with Gasteiger partial charge in [0, 0.05) is 24.7 Å². The summed E-state index contributed by atoms with van der Waals surface area (Å²) in [6.07, 6.45) is 1.14. The van der Waals surface area contributed by atoms with Crippen molar-refractivity contribution in [3.8, 4) is 11.5 Å². The van der Waals surface area contributed by atoms with Crippen LogP contribution in [0.2, 0.25) is 0 Å². The Bertz CT molecular complexity index is 868. The molecule has 8 heteroatoms. The van der Waals surface area contributed by atoms with Crippen molar-refractivity contribution >= 4 is 27.3 Å². The second-order valence-electron chi connectivity index (χ2n) is 5.54. The number of amides is 1. The molecule has 1 aliphatic heterocycles. The number of carbonyl (C=O) groups excluding carboxylic acids is 1. The molecule has 0 bridgehead atoms. The smallest absolute Gasteiger partial charge is 0.232 e. The first-order valence-electron chi connectivity index (χ1n) is 7.66. The van der Waals surface area contributed by atoms with Crippen LogP contribution in [0, 0.1) is 0 Å². The zero-order chi connectivity index (χ0) is 17.9. The minimum Gasteiger partial charge on any atom is -0.454 e. The maximum atomic E-state index is 12.2. The van der Waals surface area contributed by atoms with Gasteiger partial charge in [0.2, 0.25) is 22.7 Å². The van der Waals surface area contributed by atoms with Crippen LogP contribution in [0.1, 0.15) is 6.42 Å². The molecular formula is C17H18N2O5S. The average Bonchev–Trinajstić information content (AvgIpc) is 3.02. The van der Waals surface area contributed by atoms with E-state index in [1.165, 1.54) is 4.31 Å². The van der Waals surface area contributed by atoms with Gasteiger partial charge in [0.05, 0.1) is 11.9 Å². The number of para-hydroxylation sites is 1. The molecule has 7 nitrogen and oxygen atoms in total. The van der Waals surface area contributed by atoms with Crippen LogP contribution >= 0.6 is 0 Å². The number of fused-ring (bicyclic) bond motifs is 1. The third-order valence-corrected chi connectivity index (χ3v) is 4.84. The molecule has 0 aromatic heterocycles. The van der Waals surface area contributed by atoms with Gasteiger partial charge in [-0.25, -0.2) is 8.42 Å². The van der Waals surface area contributed by atoms with Crippen molar-refractivity contribution in [1.29, 1.82) is 0 Å². The summed E-state index contributed by atoms with van der Waals surface area (Å²) in [6.45, 7) is 0.215. The fraction of sp³-hybridized carbons (Fsp3) is 0.235. The molecule has 1 N–H and O–H groups in total. The summed E-state index contributed by atoms with van der Waals surface area (Å²) in [7, 11) is -3.48. The van der Waals surface area contributed by atoms with Crippen molar-refractivity contribution in [2.45, 2.75) is 6.42 Å². The van der Waals surface area contributed by atoms with Gasteiger partial charge in [-0.05, 0) is 24.3 Å². The average molecular weight is 362 g/mol. The Hall–Kier alpha value is -2.74. The fourth-order valence-electron chi connectivity index (χ4n) is 2.48. The number of hydrogen-bond donors (Lipinski definition) is 1. The van der Waals surface area contributed by atoms with Gasteiger partial charge in [-0.1, -0.05) is 18.2 Å². The number of ether oxygens (including phenoxy) is 2. The maximum Gasteiger partial charge on any atom is 0.232 e. The topological polar surface area (TPSA) is 84.9 Å². The number of hydrogen-bond acceptors (Lipinski definition) is 5. The van der Waals surface area contributed by atoms with Gasteiger partial charge in [0.1, 0.15) is 0 Å². The third-order valence-electron chi connectivity index (χ3n) is 3.64. The maximum absolute atomic E-state index is 12.2. The summed E-state index contributed by atoms with van der Waals surface area (Å²) in [5.41, 5.74) is 1.10. The first kappa shape index (κ1) is 17.1. The van der Waals surface area contributed by atoms with E-state index in [1.807, 2.05) is 0 Å². The molecule has 0 saturated heterocycles. The molecule has 1 aliphatic rings. The highest BCUT2D eigenvalue weighted by Gasteiger charge is 2.19. The minimum atomic E-state index is -3.48. The lowest BCUT2D eigenvalue weighted by Crippen LogP contribution is -2.32. The normalized spacial score (nSPS) is 12.7. The molecule has 2 aromatic carbocycles. The molecule has 0 fully saturated rings. The Balaban J connectivity index is 1.64. The van der Waals surface area contributed by atoms with Crippen LogP contribution in [0.3, 0.4) is 0 Å². The van der Waals surface area contributed by atoms with Gasteiger partial charge in [-0.2, -0.15) is 0 Å². The molecule has 2 aromatic rings. The molecule has 0 radical (unpaired) electrons. The van der Waals surface area contributed by atoms with E-state index in [0.29, 0.717) is 22.9 Å². The van der Waals surface area contributed by atoms with Crippen LogP contribution in [-0.4, -0.2) is 33.9 Å². The highest BCUT2D eigenvalue weighted by Crippen LogP contribution is 2.34. The van der Waals surface area contributed by atoms with E-state index in [-0.39, 0.29) is 25.7 Å². The molecule has 0 aliphatic carbocycles. The van der Waals surface area contributed by atoms with E-state index < -0.39 is 10.0 Å².